The molecule has 158 valence electrons. The number of amides is 1. The van der Waals surface area contributed by atoms with E-state index in [0.717, 1.165) is 0 Å². The Hall–Kier alpha value is -2.56. The van der Waals surface area contributed by atoms with Gasteiger partial charge < -0.3 is 10.3 Å². The molecule has 0 aliphatic heterocycles. The maximum Gasteiger partial charge on any atom is 0.217 e. The predicted molar refractivity (Wildman–Crippen MR) is 78.0 cm³/mol. The number of carbonyl (C=O) groups is 1. The number of carbonyl (C=O) groups excluding carboxylic acids is 1. The van der Waals surface area contributed by atoms with Gasteiger partial charge >= 0.3 is 0 Å². The lowest BCUT2D eigenvalue weighted by molar-refractivity contribution is -0.117. The summed E-state index contributed by atoms with van der Waals surface area (Å²) in [5.74, 6) is -29.0. The monoisotopic (exact) mass is 453 g/mol. The summed E-state index contributed by atoms with van der Waals surface area (Å²) in [5, 5.41) is -4.67. The first-order chi connectivity index (χ1) is 13.3. The van der Waals surface area contributed by atoms with E-state index in [0.29, 0.717) is 0 Å². The van der Waals surface area contributed by atoms with E-state index in [2.05, 4.69) is 0 Å². The van der Waals surface area contributed by atoms with E-state index in [9.17, 15) is 53.3 Å². The van der Waals surface area contributed by atoms with E-state index in [1.54, 1.807) is 0 Å². The molecule has 14 heteroatoms. The molecule has 0 spiro atoms. The van der Waals surface area contributed by atoms with Gasteiger partial charge in [-0.2, -0.15) is 0 Å². The summed E-state index contributed by atoms with van der Waals surface area (Å²) in [4.78, 5) is 10.9. The molecular weight excluding hydrogens is 447 g/mol. The zero-order valence-electron chi connectivity index (χ0n) is 13.5. The standard InChI is InChI=1S/C15H6F10NO2P/c16-4-6(18)10(22)14(11(23)7(4)19)29(28,2-1-3(26)27)15-12(24)8(20)5(17)9(21)13(15)25/h1-2H2,(H2,26,27). The molecule has 0 aromatic heterocycles. The van der Waals surface area contributed by atoms with Gasteiger partial charge in [0.25, 0.3) is 0 Å². The Morgan fingerprint density at radius 3 is 1.07 bits per heavy atom. The van der Waals surface area contributed by atoms with Crippen LogP contribution in [0.15, 0.2) is 0 Å². The molecule has 0 radical (unpaired) electrons. The lowest BCUT2D eigenvalue weighted by atomic mass is 10.3. The minimum atomic E-state index is -5.87. The second kappa shape index (κ2) is 7.69. The first kappa shape index (κ1) is 22.7. The van der Waals surface area contributed by atoms with Gasteiger partial charge in [-0.3, -0.25) is 4.79 Å². The maximum atomic E-state index is 14.1. The van der Waals surface area contributed by atoms with Crippen LogP contribution in [-0.4, -0.2) is 12.1 Å². The summed E-state index contributed by atoms with van der Waals surface area (Å²) >= 11 is 0. The van der Waals surface area contributed by atoms with E-state index in [1.165, 1.54) is 0 Å². The van der Waals surface area contributed by atoms with Crippen molar-refractivity contribution in [1.82, 2.24) is 0 Å². The van der Waals surface area contributed by atoms with Crippen LogP contribution >= 0.6 is 7.14 Å². The number of halogens is 10. The highest BCUT2D eigenvalue weighted by Gasteiger charge is 2.44. The van der Waals surface area contributed by atoms with Crippen molar-refractivity contribution in [2.45, 2.75) is 6.42 Å². The smallest absolute Gasteiger partial charge is 0.217 e. The highest BCUT2D eigenvalue weighted by Crippen LogP contribution is 2.48. The molecule has 0 atom stereocenters. The molecule has 0 aliphatic rings. The fourth-order valence-electron chi connectivity index (χ4n) is 2.42. The zero-order valence-corrected chi connectivity index (χ0v) is 14.4. The Bertz CT molecular complexity index is 956. The molecule has 3 nitrogen and oxygen atoms in total. The Morgan fingerprint density at radius 2 is 0.828 bits per heavy atom. The van der Waals surface area contributed by atoms with Gasteiger partial charge in [0.05, 0.1) is 10.6 Å². The summed E-state index contributed by atoms with van der Waals surface area (Å²) < 4.78 is 150. The number of rotatable bonds is 5. The van der Waals surface area contributed by atoms with Crippen molar-refractivity contribution in [3.05, 3.63) is 58.2 Å². The van der Waals surface area contributed by atoms with Gasteiger partial charge in [0.2, 0.25) is 17.5 Å². The van der Waals surface area contributed by atoms with Crippen LogP contribution < -0.4 is 16.3 Å². The molecule has 0 unspecified atom stereocenters. The van der Waals surface area contributed by atoms with Gasteiger partial charge in [0, 0.05) is 12.6 Å². The lowest BCUT2D eigenvalue weighted by Crippen LogP contribution is -2.33. The van der Waals surface area contributed by atoms with Crippen molar-refractivity contribution in [3.63, 3.8) is 0 Å². The second-order valence-corrected chi connectivity index (χ2v) is 8.34. The molecule has 0 bridgehead atoms. The average Bonchev–Trinajstić information content (AvgIpc) is 2.66. The summed E-state index contributed by atoms with van der Waals surface area (Å²) in [7, 11) is -5.87. The third-order valence-electron chi connectivity index (χ3n) is 3.77. The molecule has 0 saturated carbocycles. The van der Waals surface area contributed by atoms with Gasteiger partial charge in [0.1, 0.15) is 0 Å². The van der Waals surface area contributed by atoms with Gasteiger partial charge in [-0.05, 0) is 0 Å². The van der Waals surface area contributed by atoms with Crippen molar-refractivity contribution in [3.8, 4) is 0 Å². The average molecular weight is 453 g/mol. The fourth-order valence-corrected chi connectivity index (χ4v) is 5.29. The molecule has 2 aromatic carbocycles. The Labute approximate surface area is 154 Å². The van der Waals surface area contributed by atoms with Crippen LogP contribution in [0.5, 0.6) is 0 Å². The third kappa shape index (κ3) is 3.47. The molecule has 2 rings (SSSR count). The van der Waals surface area contributed by atoms with Crippen LogP contribution in [0.1, 0.15) is 6.42 Å². The first-order valence-electron chi connectivity index (χ1n) is 7.18. The molecule has 0 saturated heterocycles. The molecule has 0 aliphatic carbocycles. The summed E-state index contributed by atoms with van der Waals surface area (Å²) in [6.07, 6.45) is -2.82. The normalized spacial score (nSPS) is 11.8. The molecule has 1 amide bonds. The summed E-state index contributed by atoms with van der Waals surface area (Å²) in [5.41, 5.74) is 4.72. The minimum absolute atomic E-state index is 1.23. The van der Waals surface area contributed by atoms with E-state index >= 15 is 0 Å². The molecule has 29 heavy (non-hydrogen) atoms. The van der Waals surface area contributed by atoms with Gasteiger partial charge in [-0.25, -0.2) is 43.9 Å². The van der Waals surface area contributed by atoms with E-state index in [-0.39, 0.29) is 0 Å². The van der Waals surface area contributed by atoms with E-state index < -0.39 is 94.4 Å². The first-order valence-corrected chi connectivity index (χ1v) is 9.07. The summed E-state index contributed by atoms with van der Waals surface area (Å²) in [6, 6.07) is 0. The number of nitrogens with two attached hydrogens (primary N) is 1. The topological polar surface area (TPSA) is 60.2 Å². The highest BCUT2D eigenvalue weighted by atomic mass is 31.2. The van der Waals surface area contributed by atoms with Crippen molar-refractivity contribution in [2.75, 3.05) is 6.16 Å². The zero-order chi connectivity index (χ0) is 22.4. The van der Waals surface area contributed by atoms with Crippen molar-refractivity contribution >= 4 is 23.7 Å². The van der Waals surface area contributed by atoms with Crippen LogP contribution in [0.3, 0.4) is 0 Å². The maximum absolute atomic E-state index is 14.1. The van der Waals surface area contributed by atoms with E-state index in [1.807, 2.05) is 0 Å². The Morgan fingerprint density at radius 1 is 0.586 bits per heavy atom. The van der Waals surface area contributed by atoms with Crippen LogP contribution in [0.25, 0.3) is 0 Å². The fraction of sp³-hybridized carbons (Fsp3) is 0.133. The van der Waals surface area contributed by atoms with Crippen molar-refractivity contribution in [2.24, 2.45) is 5.73 Å². The predicted octanol–water partition coefficient (Wildman–Crippen LogP) is 3.27. The third-order valence-corrected chi connectivity index (χ3v) is 6.85. The van der Waals surface area contributed by atoms with Gasteiger partial charge in [0.15, 0.2) is 53.7 Å². The van der Waals surface area contributed by atoms with E-state index in [4.69, 9.17) is 5.73 Å². The number of primary amides is 1. The van der Waals surface area contributed by atoms with Crippen LogP contribution in [0.2, 0.25) is 0 Å². The largest absolute Gasteiger partial charge is 0.370 e. The van der Waals surface area contributed by atoms with Crippen LogP contribution in [-0.2, 0) is 9.36 Å². The second-order valence-electron chi connectivity index (χ2n) is 5.52. The minimum Gasteiger partial charge on any atom is -0.370 e. The number of hydrogen-bond acceptors (Lipinski definition) is 2. The summed E-state index contributed by atoms with van der Waals surface area (Å²) in [6.45, 7) is 0. The Balaban J connectivity index is 3.06. The molecule has 2 N–H and O–H groups in total. The van der Waals surface area contributed by atoms with Gasteiger partial charge in [-0.1, -0.05) is 0 Å². The number of benzene rings is 2. The van der Waals surface area contributed by atoms with Crippen molar-refractivity contribution in [1.29, 1.82) is 0 Å². The van der Waals surface area contributed by atoms with Crippen LogP contribution in [0.4, 0.5) is 43.9 Å². The molecule has 0 heterocycles. The molecule has 2 aromatic rings. The molecule has 0 fully saturated rings. The number of hydrogen-bond donors (Lipinski definition) is 1. The van der Waals surface area contributed by atoms with Crippen molar-refractivity contribution < 1.29 is 53.3 Å². The Kier molecular flexibility index (Phi) is 6.03. The van der Waals surface area contributed by atoms with Gasteiger partial charge in [-0.15, -0.1) is 0 Å². The molecular formula is C15H6F10NO2P. The highest BCUT2D eigenvalue weighted by molar-refractivity contribution is 7.78. The lowest BCUT2D eigenvalue weighted by Gasteiger charge is -2.22. The SMILES string of the molecule is NC(=O)CCP(=O)(c1c(F)c(F)c(F)c(F)c1F)c1c(F)c(F)c(F)c(F)c1F. The van der Waals surface area contributed by atoms with Crippen LogP contribution in [0, 0.1) is 58.2 Å². The quantitative estimate of drug-likeness (QED) is 0.327.